The Balaban J connectivity index is 0.00000200. The van der Waals surface area contributed by atoms with E-state index >= 15 is 0 Å². The van der Waals surface area contributed by atoms with Gasteiger partial charge in [-0.3, -0.25) is 4.79 Å². The van der Waals surface area contributed by atoms with Crippen molar-refractivity contribution in [2.75, 3.05) is 24.8 Å². The van der Waals surface area contributed by atoms with Crippen molar-refractivity contribution in [1.29, 1.82) is 0 Å². The zero-order chi connectivity index (χ0) is 13.9. The number of hydrogen-bond donors (Lipinski definition) is 2. The molecule has 112 valence electrons. The molecule has 1 aromatic carbocycles. The quantitative estimate of drug-likeness (QED) is 0.833. The van der Waals surface area contributed by atoms with Crippen molar-refractivity contribution >= 4 is 47.4 Å². The lowest BCUT2D eigenvalue weighted by Gasteiger charge is -2.31. The summed E-state index contributed by atoms with van der Waals surface area (Å²) in [4.78, 5) is 13.2. The van der Waals surface area contributed by atoms with Crippen LogP contribution in [-0.2, 0) is 9.53 Å². The Labute approximate surface area is 134 Å². The van der Waals surface area contributed by atoms with Crippen LogP contribution in [0, 0.1) is 0 Å². The van der Waals surface area contributed by atoms with Crippen LogP contribution in [0.1, 0.15) is 12.8 Å². The zero-order valence-electron chi connectivity index (χ0n) is 11.1. The van der Waals surface area contributed by atoms with Crippen LogP contribution < -0.4 is 11.1 Å². The highest BCUT2D eigenvalue weighted by atomic mass is 35.5. The Morgan fingerprint density at radius 3 is 2.65 bits per heavy atom. The Bertz CT molecular complexity index is 479. The van der Waals surface area contributed by atoms with Gasteiger partial charge in [0.1, 0.15) is 5.54 Å². The number of benzene rings is 1. The fourth-order valence-corrected chi connectivity index (χ4v) is 2.83. The molecule has 0 bridgehead atoms. The summed E-state index contributed by atoms with van der Waals surface area (Å²) in [7, 11) is 0. The van der Waals surface area contributed by atoms with E-state index in [-0.39, 0.29) is 18.3 Å². The average molecular weight is 337 g/mol. The second-order valence-electron chi connectivity index (χ2n) is 4.57. The monoisotopic (exact) mass is 336 g/mol. The number of nitrogens with one attached hydrogen (secondary N) is 1. The maximum atomic E-state index is 12.2. The van der Waals surface area contributed by atoms with Crippen molar-refractivity contribution < 1.29 is 9.53 Å². The lowest BCUT2D eigenvalue weighted by molar-refractivity contribution is -0.124. The van der Waals surface area contributed by atoms with Crippen molar-refractivity contribution in [3.63, 3.8) is 0 Å². The fraction of sp³-hybridized carbons (Fsp3) is 0.462. The lowest BCUT2D eigenvalue weighted by Crippen LogP contribution is -2.54. The molecular weight excluding hydrogens is 319 g/mol. The van der Waals surface area contributed by atoms with E-state index in [1.54, 1.807) is 17.8 Å². The molecular formula is C13H18Cl2N2O2S. The predicted octanol–water partition coefficient (Wildman–Crippen LogP) is 2.93. The van der Waals surface area contributed by atoms with Crippen LogP contribution in [-0.4, -0.2) is 30.9 Å². The minimum atomic E-state index is -0.844. The maximum Gasteiger partial charge on any atom is 0.244 e. The number of halogens is 2. The second-order valence-corrected chi connectivity index (χ2v) is 5.83. The highest BCUT2D eigenvalue weighted by Crippen LogP contribution is 2.28. The molecule has 1 heterocycles. The van der Waals surface area contributed by atoms with Gasteiger partial charge < -0.3 is 15.8 Å². The van der Waals surface area contributed by atoms with Gasteiger partial charge in [0.2, 0.25) is 5.91 Å². The third kappa shape index (κ3) is 4.02. The molecule has 1 fully saturated rings. The number of carbonyl (C=O) groups excluding carboxylic acids is 1. The fourth-order valence-electron chi connectivity index (χ4n) is 1.96. The zero-order valence-corrected chi connectivity index (χ0v) is 13.5. The molecule has 0 spiro atoms. The highest BCUT2D eigenvalue weighted by Gasteiger charge is 2.35. The van der Waals surface area contributed by atoms with Gasteiger partial charge in [-0.1, -0.05) is 11.6 Å². The third-order valence-electron chi connectivity index (χ3n) is 3.25. The van der Waals surface area contributed by atoms with E-state index < -0.39 is 5.54 Å². The Morgan fingerprint density at radius 2 is 2.10 bits per heavy atom. The molecule has 0 atom stereocenters. The number of rotatable bonds is 3. The van der Waals surface area contributed by atoms with Crippen molar-refractivity contribution in [3.05, 3.63) is 23.2 Å². The van der Waals surface area contributed by atoms with Crippen molar-refractivity contribution in [2.45, 2.75) is 23.3 Å². The first-order valence-electron chi connectivity index (χ1n) is 6.07. The van der Waals surface area contributed by atoms with Gasteiger partial charge in [0.05, 0.1) is 5.02 Å². The van der Waals surface area contributed by atoms with E-state index in [1.807, 2.05) is 18.4 Å². The summed E-state index contributed by atoms with van der Waals surface area (Å²) in [5, 5.41) is 3.46. The molecule has 1 amide bonds. The van der Waals surface area contributed by atoms with E-state index in [4.69, 9.17) is 22.1 Å². The summed E-state index contributed by atoms with van der Waals surface area (Å²) in [5.74, 6) is -0.177. The molecule has 0 aliphatic carbocycles. The molecule has 2 rings (SSSR count). The Hall–Kier alpha value is -0.460. The lowest BCUT2D eigenvalue weighted by atomic mass is 9.90. The SMILES string of the molecule is CSc1ccc(NC(=O)C2(N)CCOCC2)cc1Cl.Cl. The Morgan fingerprint density at radius 1 is 1.45 bits per heavy atom. The van der Waals surface area contributed by atoms with Gasteiger partial charge in [0.15, 0.2) is 0 Å². The average Bonchev–Trinajstić information content (AvgIpc) is 2.40. The molecule has 1 aliphatic rings. The summed E-state index contributed by atoms with van der Waals surface area (Å²) in [6, 6.07) is 5.46. The molecule has 1 aliphatic heterocycles. The normalized spacial score (nSPS) is 17.1. The highest BCUT2D eigenvalue weighted by molar-refractivity contribution is 7.98. The standard InChI is InChI=1S/C13H17ClN2O2S.ClH/c1-19-11-3-2-9(8-10(11)14)16-12(17)13(15)4-6-18-7-5-13;/h2-3,8H,4-7,15H2,1H3,(H,16,17);1H. The first kappa shape index (κ1) is 17.6. The molecule has 7 heteroatoms. The summed E-state index contributed by atoms with van der Waals surface area (Å²) in [5.41, 5.74) is 5.94. The van der Waals surface area contributed by atoms with Gasteiger partial charge in [-0.05, 0) is 37.3 Å². The largest absolute Gasteiger partial charge is 0.381 e. The second kappa shape index (κ2) is 7.52. The van der Waals surface area contributed by atoms with Crippen LogP contribution in [0.2, 0.25) is 5.02 Å². The van der Waals surface area contributed by atoms with Gasteiger partial charge in [0, 0.05) is 23.8 Å². The summed E-state index contributed by atoms with van der Waals surface area (Å²) < 4.78 is 5.23. The topological polar surface area (TPSA) is 64.4 Å². The molecule has 0 saturated carbocycles. The van der Waals surface area contributed by atoms with Gasteiger partial charge in [-0.2, -0.15) is 0 Å². The molecule has 0 aromatic heterocycles. The number of nitrogens with two attached hydrogens (primary N) is 1. The smallest absolute Gasteiger partial charge is 0.244 e. The van der Waals surface area contributed by atoms with Crippen molar-refractivity contribution in [3.8, 4) is 0 Å². The summed E-state index contributed by atoms with van der Waals surface area (Å²) >= 11 is 7.67. The molecule has 0 radical (unpaired) electrons. The van der Waals surface area contributed by atoms with Gasteiger partial charge in [-0.25, -0.2) is 0 Å². The molecule has 1 aromatic rings. The van der Waals surface area contributed by atoms with Crippen molar-refractivity contribution in [1.82, 2.24) is 0 Å². The number of carbonyl (C=O) groups is 1. The number of amides is 1. The maximum absolute atomic E-state index is 12.2. The number of hydrogen-bond acceptors (Lipinski definition) is 4. The van der Waals surface area contributed by atoms with Crippen LogP contribution in [0.15, 0.2) is 23.1 Å². The number of thioether (sulfide) groups is 1. The van der Waals surface area contributed by atoms with Crippen LogP contribution in [0.3, 0.4) is 0 Å². The van der Waals surface area contributed by atoms with Gasteiger partial charge in [0.25, 0.3) is 0 Å². The van der Waals surface area contributed by atoms with E-state index in [0.717, 1.165) is 4.90 Å². The van der Waals surface area contributed by atoms with E-state index in [0.29, 0.717) is 36.8 Å². The van der Waals surface area contributed by atoms with Crippen LogP contribution in [0.4, 0.5) is 5.69 Å². The molecule has 4 nitrogen and oxygen atoms in total. The third-order valence-corrected chi connectivity index (χ3v) is 4.47. The Kier molecular flexibility index (Phi) is 6.61. The summed E-state index contributed by atoms with van der Waals surface area (Å²) in [6.45, 7) is 1.05. The van der Waals surface area contributed by atoms with Crippen molar-refractivity contribution in [2.24, 2.45) is 5.73 Å². The number of anilines is 1. The first-order valence-corrected chi connectivity index (χ1v) is 7.67. The first-order chi connectivity index (χ1) is 9.05. The van der Waals surface area contributed by atoms with E-state index in [2.05, 4.69) is 5.32 Å². The molecule has 1 saturated heterocycles. The van der Waals surface area contributed by atoms with E-state index in [1.165, 1.54) is 0 Å². The number of ether oxygens (including phenoxy) is 1. The minimum Gasteiger partial charge on any atom is -0.381 e. The van der Waals surface area contributed by atoms with Crippen LogP contribution >= 0.6 is 35.8 Å². The molecule has 0 unspecified atom stereocenters. The van der Waals surface area contributed by atoms with Gasteiger partial charge >= 0.3 is 0 Å². The summed E-state index contributed by atoms with van der Waals surface area (Å²) in [6.07, 6.45) is 3.03. The van der Waals surface area contributed by atoms with Crippen LogP contribution in [0.5, 0.6) is 0 Å². The molecule has 20 heavy (non-hydrogen) atoms. The van der Waals surface area contributed by atoms with Crippen LogP contribution in [0.25, 0.3) is 0 Å². The molecule has 3 N–H and O–H groups in total. The van der Waals surface area contributed by atoms with E-state index in [9.17, 15) is 4.79 Å². The predicted molar refractivity (Wildman–Crippen MR) is 86.1 cm³/mol. The van der Waals surface area contributed by atoms with Gasteiger partial charge in [-0.15, -0.1) is 24.2 Å². The minimum absolute atomic E-state index is 0.